The summed E-state index contributed by atoms with van der Waals surface area (Å²) in [6.45, 7) is 7.53. The van der Waals surface area contributed by atoms with Gasteiger partial charge in [-0.3, -0.25) is 0 Å². The third kappa shape index (κ3) is 2.80. The van der Waals surface area contributed by atoms with E-state index in [4.69, 9.17) is 18.0 Å². The van der Waals surface area contributed by atoms with E-state index in [1.165, 1.54) is 12.8 Å². The van der Waals surface area contributed by atoms with Gasteiger partial charge in [-0.2, -0.15) is 0 Å². The second kappa shape index (κ2) is 4.84. The Hall–Kier alpha value is -1.16. The molecule has 0 bridgehead atoms. The number of aromatic nitrogens is 1. The fourth-order valence-corrected chi connectivity index (χ4v) is 2.40. The SMILES string of the molecule is Cc1cc(C(N)=S)cc(NCC2(C(C)C)CC2)n1. The molecule has 3 nitrogen and oxygen atoms in total. The van der Waals surface area contributed by atoms with Crippen molar-refractivity contribution in [3.05, 3.63) is 23.4 Å². The van der Waals surface area contributed by atoms with E-state index in [0.29, 0.717) is 16.3 Å². The minimum absolute atomic E-state index is 0.425. The zero-order chi connectivity index (χ0) is 13.3. The highest BCUT2D eigenvalue weighted by atomic mass is 32.1. The summed E-state index contributed by atoms with van der Waals surface area (Å²) < 4.78 is 0. The van der Waals surface area contributed by atoms with E-state index in [9.17, 15) is 0 Å². The number of anilines is 1. The van der Waals surface area contributed by atoms with Crippen LogP contribution in [0.4, 0.5) is 5.82 Å². The maximum Gasteiger partial charge on any atom is 0.126 e. The molecule has 2 rings (SSSR count). The molecule has 0 radical (unpaired) electrons. The summed E-state index contributed by atoms with van der Waals surface area (Å²) in [5.74, 6) is 1.59. The summed E-state index contributed by atoms with van der Waals surface area (Å²) in [7, 11) is 0. The van der Waals surface area contributed by atoms with Gasteiger partial charge in [0.1, 0.15) is 10.8 Å². The Bertz CT molecular complexity index is 464. The van der Waals surface area contributed by atoms with Gasteiger partial charge in [0.2, 0.25) is 0 Å². The van der Waals surface area contributed by atoms with Crippen molar-refractivity contribution in [2.45, 2.75) is 33.6 Å². The monoisotopic (exact) mass is 263 g/mol. The first kappa shape index (κ1) is 13.3. The predicted octanol–water partition coefficient (Wildman–Crippen LogP) is 2.87. The van der Waals surface area contributed by atoms with Crippen LogP contribution in [0.2, 0.25) is 0 Å². The largest absolute Gasteiger partial charge is 0.389 e. The van der Waals surface area contributed by atoms with Crippen LogP contribution in [0.15, 0.2) is 12.1 Å². The number of thiocarbonyl (C=S) groups is 1. The lowest BCUT2D eigenvalue weighted by molar-refractivity contribution is 0.380. The number of nitrogens with zero attached hydrogens (tertiary/aromatic N) is 1. The molecule has 18 heavy (non-hydrogen) atoms. The first-order valence-electron chi connectivity index (χ1n) is 6.45. The lowest BCUT2D eigenvalue weighted by atomic mass is 9.92. The van der Waals surface area contributed by atoms with Gasteiger partial charge < -0.3 is 11.1 Å². The van der Waals surface area contributed by atoms with Gasteiger partial charge in [0.05, 0.1) is 0 Å². The van der Waals surface area contributed by atoms with Crippen molar-refractivity contribution in [3.63, 3.8) is 0 Å². The fraction of sp³-hybridized carbons (Fsp3) is 0.571. The van der Waals surface area contributed by atoms with Crippen LogP contribution in [-0.2, 0) is 0 Å². The van der Waals surface area contributed by atoms with Crippen molar-refractivity contribution in [2.24, 2.45) is 17.1 Å². The molecule has 1 aromatic heterocycles. The average molecular weight is 263 g/mol. The van der Waals surface area contributed by atoms with Crippen LogP contribution >= 0.6 is 12.2 Å². The molecule has 1 saturated carbocycles. The summed E-state index contributed by atoms with van der Waals surface area (Å²) >= 11 is 5.02. The maximum atomic E-state index is 5.67. The van der Waals surface area contributed by atoms with Gasteiger partial charge in [-0.15, -0.1) is 0 Å². The van der Waals surface area contributed by atoms with E-state index in [1.807, 2.05) is 19.1 Å². The van der Waals surface area contributed by atoms with Gasteiger partial charge in [0, 0.05) is 17.8 Å². The Labute approximate surface area is 114 Å². The van der Waals surface area contributed by atoms with Crippen LogP contribution < -0.4 is 11.1 Å². The van der Waals surface area contributed by atoms with E-state index in [2.05, 4.69) is 24.1 Å². The lowest BCUT2D eigenvalue weighted by Gasteiger charge is -2.20. The fourth-order valence-electron chi connectivity index (χ4n) is 2.29. The molecule has 1 aliphatic carbocycles. The molecule has 4 heteroatoms. The molecular formula is C14H21N3S. The van der Waals surface area contributed by atoms with Gasteiger partial charge in [-0.25, -0.2) is 4.98 Å². The molecule has 0 amide bonds. The van der Waals surface area contributed by atoms with Crippen LogP contribution in [0.5, 0.6) is 0 Å². The highest BCUT2D eigenvalue weighted by Gasteiger charge is 2.44. The van der Waals surface area contributed by atoms with Crippen LogP contribution in [0.3, 0.4) is 0 Å². The number of hydrogen-bond acceptors (Lipinski definition) is 3. The van der Waals surface area contributed by atoms with Crippen LogP contribution in [0.25, 0.3) is 0 Å². The number of pyridine rings is 1. The topological polar surface area (TPSA) is 50.9 Å². The van der Waals surface area contributed by atoms with Crippen molar-refractivity contribution in [1.82, 2.24) is 4.98 Å². The second-order valence-electron chi connectivity index (χ2n) is 5.62. The van der Waals surface area contributed by atoms with Gasteiger partial charge in [-0.1, -0.05) is 26.1 Å². The molecular weight excluding hydrogens is 242 g/mol. The molecule has 0 aromatic carbocycles. The molecule has 3 N–H and O–H groups in total. The minimum Gasteiger partial charge on any atom is -0.389 e. The third-order valence-electron chi connectivity index (χ3n) is 3.98. The van der Waals surface area contributed by atoms with E-state index in [-0.39, 0.29) is 0 Å². The Morgan fingerprint density at radius 1 is 1.50 bits per heavy atom. The van der Waals surface area contributed by atoms with Crippen molar-refractivity contribution in [2.75, 3.05) is 11.9 Å². The minimum atomic E-state index is 0.425. The second-order valence-corrected chi connectivity index (χ2v) is 6.06. The van der Waals surface area contributed by atoms with Crippen molar-refractivity contribution in [3.8, 4) is 0 Å². The van der Waals surface area contributed by atoms with Crippen LogP contribution in [0, 0.1) is 18.3 Å². The smallest absolute Gasteiger partial charge is 0.126 e. The summed E-state index contributed by atoms with van der Waals surface area (Å²) in [6.07, 6.45) is 2.62. The molecule has 0 unspecified atom stereocenters. The van der Waals surface area contributed by atoms with Gasteiger partial charge in [0.25, 0.3) is 0 Å². The van der Waals surface area contributed by atoms with E-state index < -0.39 is 0 Å². The molecule has 0 atom stereocenters. The molecule has 0 spiro atoms. The zero-order valence-corrected chi connectivity index (χ0v) is 12.1. The molecule has 1 aromatic rings. The maximum absolute atomic E-state index is 5.67. The Kier molecular flexibility index (Phi) is 3.57. The average Bonchev–Trinajstić information content (AvgIpc) is 3.06. The van der Waals surface area contributed by atoms with Crippen molar-refractivity contribution in [1.29, 1.82) is 0 Å². The summed E-state index contributed by atoms with van der Waals surface area (Å²) in [5, 5.41) is 3.44. The highest BCUT2D eigenvalue weighted by molar-refractivity contribution is 7.80. The highest BCUT2D eigenvalue weighted by Crippen LogP contribution is 2.51. The molecule has 0 aliphatic heterocycles. The van der Waals surface area contributed by atoms with E-state index in [0.717, 1.165) is 23.6 Å². The van der Waals surface area contributed by atoms with Gasteiger partial charge >= 0.3 is 0 Å². The number of aryl methyl sites for hydroxylation is 1. The number of nitrogens with two attached hydrogens (primary N) is 1. The molecule has 0 saturated heterocycles. The first-order valence-corrected chi connectivity index (χ1v) is 6.86. The van der Waals surface area contributed by atoms with Gasteiger partial charge in [-0.05, 0) is 43.2 Å². The molecule has 1 fully saturated rings. The van der Waals surface area contributed by atoms with E-state index >= 15 is 0 Å². The summed E-state index contributed by atoms with van der Waals surface area (Å²) in [4.78, 5) is 4.90. The molecule has 98 valence electrons. The van der Waals surface area contributed by atoms with Gasteiger partial charge in [0.15, 0.2) is 0 Å². The third-order valence-corrected chi connectivity index (χ3v) is 4.21. The predicted molar refractivity (Wildman–Crippen MR) is 79.9 cm³/mol. The quantitative estimate of drug-likeness (QED) is 0.802. The normalized spacial score (nSPS) is 16.7. The van der Waals surface area contributed by atoms with Crippen molar-refractivity contribution < 1.29 is 0 Å². The Morgan fingerprint density at radius 2 is 2.17 bits per heavy atom. The lowest BCUT2D eigenvalue weighted by Crippen LogP contribution is -2.21. The summed E-state index contributed by atoms with van der Waals surface area (Å²) in [5.41, 5.74) is 7.96. The first-order chi connectivity index (χ1) is 8.43. The number of nitrogens with one attached hydrogen (secondary N) is 1. The Balaban J connectivity index is 2.08. The number of hydrogen-bond donors (Lipinski definition) is 2. The number of rotatable bonds is 5. The van der Waals surface area contributed by atoms with Crippen LogP contribution in [-0.4, -0.2) is 16.5 Å². The zero-order valence-electron chi connectivity index (χ0n) is 11.3. The molecule has 1 heterocycles. The van der Waals surface area contributed by atoms with Crippen molar-refractivity contribution >= 4 is 23.0 Å². The summed E-state index contributed by atoms with van der Waals surface area (Å²) in [6, 6.07) is 3.86. The standard InChI is InChI=1S/C14H21N3S/c1-9(2)14(4-5-14)8-16-12-7-11(13(15)18)6-10(3)17-12/h6-7,9H,4-5,8H2,1-3H3,(H2,15,18)(H,16,17). The Morgan fingerprint density at radius 3 is 2.67 bits per heavy atom. The molecule has 1 aliphatic rings. The van der Waals surface area contributed by atoms with Crippen LogP contribution in [0.1, 0.15) is 37.9 Å². The van der Waals surface area contributed by atoms with E-state index in [1.54, 1.807) is 0 Å².